The first-order valence-corrected chi connectivity index (χ1v) is 12.5. The van der Waals surface area contributed by atoms with Crippen LogP contribution < -0.4 is 16.0 Å². The molecule has 0 fully saturated rings. The summed E-state index contributed by atoms with van der Waals surface area (Å²) in [5.74, 6) is -0.160. The monoisotopic (exact) mass is 503 g/mol. The predicted molar refractivity (Wildman–Crippen MR) is 147 cm³/mol. The number of nitrogens with one attached hydrogen (secondary N) is 3. The summed E-state index contributed by atoms with van der Waals surface area (Å²) < 4.78 is 0. The molecule has 0 heterocycles. The quantitative estimate of drug-likeness (QED) is 0.188. The van der Waals surface area contributed by atoms with E-state index in [4.69, 9.17) is 0 Å². The highest BCUT2D eigenvalue weighted by Crippen LogP contribution is 2.27. The Morgan fingerprint density at radius 1 is 1.03 bits per heavy atom. The lowest BCUT2D eigenvalue weighted by Crippen LogP contribution is -2.43. The van der Waals surface area contributed by atoms with Crippen molar-refractivity contribution >= 4 is 18.0 Å². The second-order valence-corrected chi connectivity index (χ2v) is 10.1. The number of benzene rings is 3. The maximum Gasteiger partial charge on any atom is 0.251 e. The SMILES string of the molecule is Cc1cccc(C)c1CCNC(=O)c1cccc(CC(C)(C)NC[C@H](O)c2ccc(O)c(NC=O)c2)c1. The van der Waals surface area contributed by atoms with Crippen molar-refractivity contribution in [3.8, 4) is 5.75 Å². The van der Waals surface area contributed by atoms with Gasteiger partial charge in [0, 0.05) is 24.2 Å². The maximum atomic E-state index is 12.8. The van der Waals surface area contributed by atoms with Crippen molar-refractivity contribution in [3.05, 3.63) is 94.0 Å². The maximum absolute atomic E-state index is 12.8. The molecule has 3 rings (SSSR count). The summed E-state index contributed by atoms with van der Waals surface area (Å²) in [4.78, 5) is 23.5. The molecule has 0 aliphatic carbocycles. The number of anilines is 1. The Labute approximate surface area is 218 Å². The Morgan fingerprint density at radius 2 is 1.73 bits per heavy atom. The lowest BCUT2D eigenvalue weighted by Gasteiger charge is -2.28. The standard InChI is InChI=1S/C30H37N3O4/c1-20-7-5-8-21(2)25(20)13-14-31-29(37)24-10-6-9-22(15-24)17-30(3,4)33-18-28(36)23-11-12-27(35)26(16-23)32-19-34/h5-12,15-16,19,28,33,35-36H,13-14,17-18H2,1-4H3,(H,31,37)(H,32,34)/t28-/m0/s1. The number of carbonyl (C=O) groups excluding carboxylic acids is 2. The molecule has 2 amide bonds. The average molecular weight is 504 g/mol. The number of aromatic hydroxyl groups is 1. The minimum atomic E-state index is -0.832. The van der Waals surface area contributed by atoms with Gasteiger partial charge in [-0.05, 0) is 92.6 Å². The number of carbonyl (C=O) groups is 2. The summed E-state index contributed by atoms with van der Waals surface area (Å²) in [6.45, 7) is 9.10. The fraction of sp³-hybridized carbons (Fsp3) is 0.333. The molecule has 0 aliphatic rings. The van der Waals surface area contributed by atoms with Gasteiger partial charge in [-0.3, -0.25) is 9.59 Å². The molecule has 0 unspecified atom stereocenters. The molecule has 0 aromatic heterocycles. The Kier molecular flexibility index (Phi) is 9.44. The van der Waals surface area contributed by atoms with Crippen LogP contribution in [0.3, 0.4) is 0 Å². The highest BCUT2D eigenvalue weighted by atomic mass is 16.3. The zero-order valence-corrected chi connectivity index (χ0v) is 22.0. The summed E-state index contributed by atoms with van der Waals surface area (Å²) in [6, 6.07) is 18.4. The molecule has 0 bridgehead atoms. The Hall–Kier alpha value is -3.68. The van der Waals surface area contributed by atoms with E-state index in [2.05, 4.69) is 41.9 Å². The molecule has 0 aliphatic heterocycles. The molecular weight excluding hydrogens is 466 g/mol. The number of hydrogen-bond donors (Lipinski definition) is 5. The van der Waals surface area contributed by atoms with E-state index in [9.17, 15) is 19.8 Å². The van der Waals surface area contributed by atoms with E-state index in [-0.39, 0.29) is 29.4 Å². The van der Waals surface area contributed by atoms with E-state index < -0.39 is 6.10 Å². The third-order valence-electron chi connectivity index (χ3n) is 6.53. The van der Waals surface area contributed by atoms with Crippen LogP contribution in [-0.4, -0.2) is 41.2 Å². The average Bonchev–Trinajstić information content (AvgIpc) is 2.85. The fourth-order valence-electron chi connectivity index (χ4n) is 4.47. The minimum absolute atomic E-state index is 0.0643. The molecule has 37 heavy (non-hydrogen) atoms. The summed E-state index contributed by atoms with van der Waals surface area (Å²) in [7, 11) is 0. The summed E-state index contributed by atoms with van der Waals surface area (Å²) >= 11 is 0. The van der Waals surface area contributed by atoms with Gasteiger partial charge in [0.05, 0.1) is 11.8 Å². The van der Waals surface area contributed by atoms with Crippen molar-refractivity contribution in [2.75, 3.05) is 18.4 Å². The highest BCUT2D eigenvalue weighted by Gasteiger charge is 2.21. The Morgan fingerprint density at radius 3 is 2.43 bits per heavy atom. The van der Waals surface area contributed by atoms with Gasteiger partial charge in [-0.25, -0.2) is 0 Å². The topological polar surface area (TPSA) is 111 Å². The number of aliphatic hydroxyl groups excluding tert-OH is 1. The first-order chi connectivity index (χ1) is 17.6. The number of phenolic OH excluding ortho intramolecular Hbond substituents is 1. The molecule has 3 aromatic rings. The zero-order chi connectivity index (χ0) is 27.0. The summed E-state index contributed by atoms with van der Waals surface area (Å²) in [6.07, 6.45) is 1.08. The first kappa shape index (κ1) is 27.9. The van der Waals surface area contributed by atoms with Gasteiger partial charge >= 0.3 is 0 Å². The van der Waals surface area contributed by atoms with Gasteiger partial charge < -0.3 is 26.2 Å². The summed E-state index contributed by atoms with van der Waals surface area (Å²) in [5, 5.41) is 29.3. The predicted octanol–water partition coefficient (Wildman–Crippen LogP) is 4.19. The minimum Gasteiger partial charge on any atom is -0.506 e. The molecule has 7 heteroatoms. The van der Waals surface area contributed by atoms with Crippen LogP contribution in [0.4, 0.5) is 5.69 Å². The van der Waals surface area contributed by atoms with Crippen molar-refractivity contribution in [2.24, 2.45) is 0 Å². The third-order valence-corrected chi connectivity index (χ3v) is 6.53. The molecule has 0 saturated heterocycles. The first-order valence-electron chi connectivity index (χ1n) is 12.5. The van der Waals surface area contributed by atoms with Crippen molar-refractivity contribution in [3.63, 3.8) is 0 Å². The van der Waals surface area contributed by atoms with Crippen molar-refractivity contribution in [1.29, 1.82) is 0 Å². The molecule has 3 aromatic carbocycles. The van der Waals surface area contributed by atoms with Crippen molar-refractivity contribution in [2.45, 2.75) is 52.2 Å². The van der Waals surface area contributed by atoms with Gasteiger partial charge in [-0.2, -0.15) is 0 Å². The number of amides is 2. The molecule has 1 atom stereocenters. The zero-order valence-electron chi connectivity index (χ0n) is 22.0. The van der Waals surface area contributed by atoms with E-state index in [1.807, 2.05) is 44.2 Å². The van der Waals surface area contributed by atoms with E-state index >= 15 is 0 Å². The van der Waals surface area contributed by atoms with Gasteiger partial charge in [-0.1, -0.05) is 36.4 Å². The van der Waals surface area contributed by atoms with Crippen LogP contribution in [0.5, 0.6) is 5.75 Å². The van der Waals surface area contributed by atoms with Crippen molar-refractivity contribution < 1.29 is 19.8 Å². The van der Waals surface area contributed by atoms with Crippen LogP contribution in [-0.2, 0) is 17.6 Å². The van der Waals surface area contributed by atoms with Crippen LogP contribution in [0, 0.1) is 13.8 Å². The Balaban J connectivity index is 1.56. The van der Waals surface area contributed by atoms with Gasteiger partial charge in [0.25, 0.3) is 5.91 Å². The summed E-state index contributed by atoms with van der Waals surface area (Å²) in [5.41, 5.74) is 5.83. The molecule has 7 nitrogen and oxygen atoms in total. The van der Waals surface area contributed by atoms with Crippen LogP contribution in [0.25, 0.3) is 0 Å². The number of aryl methyl sites for hydroxylation is 2. The Bertz CT molecular complexity index is 1220. The number of phenols is 1. The van der Waals surface area contributed by atoms with Gasteiger partial charge in [0.15, 0.2) is 0 Å². The number of hydrogen-bond acceptors (Lipinski definition) is 5. The lowest BCUT2D eigenvalue weighted by molar-refractivity contribution is -0.105. The van der Waals surface area contributed by atoms with E-state index in [1.165, 1.54) is 22.8 Å². The number of β-amino-alcohol motifs (C(OH)–C–C–N with tert-alkyl or cyclic N) is 1. The van der Waals surface area contributed by atoms with Gasteiger partial charge in [-0.15, -0.1) is 0 Å². The molecule has 0 saturated carbocycles. The van der Waals surface area contributed by atoms with Gasteiger partial charge in [0.1, 0.15) is 5.75 Å². The molecule has 196 valence electrons. The molecule has 0 spiro atoms. The second-order valence-electron chi connectivity index (χ2n) is 10.1. The smallest absolute Gasteiger partial charge is 0.251 e. The van der Waals surface area contributed by atoms with Crippen LogP contribution >= 0.6 is 0 Å². The molecule has 5 N–H and O–H groups in total. The van der Waals surface area contributed by atoms with E-state index in [1.54, 1.807) is 12.1 Å². The largest absolute Gasteiger partial charge is 0.506 e. The highest BCUT2D eigenvalue weighted by molar-refractivity contribution is 5.94. The lowest BCUT2D eigenvalue weighted by atomic mass is 9.93. The normalized spacial score (nSPS) is 12.1. The molecular formula is C30H37N3O4. The van der Waals surface area contributed by atoms with E-state index in [0.717, 1.165) is 12.0 Å². The van der Waals surface area contributed by atoms with Crippen LogP contribution in [0.2, 0.25) is 0 Å². The fourth-order valence-corrected chi connectivity index (χ4v) is 4.47. The van der Waals surface area contributed by atoms with E-state index in [0.29, 0.717) is 30.5 Å². The van der Waals surface area contributed by atoms with Crippen molar-refractivity contribution in [1.82, 2.24) is 10.6 Å². The number of aliphatic hydroxyl groups is 1. The second kappa shape index (κ2) is 12.5. The van der Waals surface area contributed by atoms with Crippen LogP contribution in [0.15, 0.2) is 60.7 Å². The van der Waals surface area contributed by atoms with Crippen LogP contribution in [0.1, 0.15) is 58.1 Å². The third kappa shape index (κ3) is 7.90. The van der Waals surface area contributed by atoms with Gasteiger partial charge in [0.2, 0.25) is 6.41 Å². The molecule has 0 radical (unpaired) electrons. The number of rotatable bonds is 12.